The van der Waals surface area contributed by atoms with Crippen molar-refractivity contribution in [1.29, 1.82) is 0 Å². The number of hydrogen-bond donors (Lipinski definition) is 1. The Morgan fingerprint density at radius 2 is 1.93 bits per heavy atom. The van der Waals surface area contributed by atoms with E-state index in [0.717, 1.165) is 17.0 Å². The highest BCUT2D eigenvalue weighted by Crippen LogP contribution is 2.31. The highest BCUT2D eigenvalue weighted by atomic mass is 32.2. The molecule has 144 valence electrons. The number of para-hydroxylation sites is 1. The van der Waals surface area contributed by atoms with Crippen molar-refractivity contribution in [2.75, 3.05) is 37.6 Å². The molecule has 0 unspecified atom stereocenters. The summed E-state index contributed by atoms with van der Waals surface area (Å²) in [6.07, 6.45) is 0.893. The minimum Gasteiger partial charge on any atom is -0.325 e. The van der Waals surface area contributed by atoms with Gasteiger partial charge in [-0.15, -0.1) is 11.3 Å². The van der Waals surface area contributed by atoms with Gasteiger partial charge in [0.15, 0.2) is 6.54 Å². The van der Waals surface area contributed by atoms with E-state index in [9.17, 15) is 13.2 Å². The number of nitrogens with one attached hydrogen (secondary N) is 1. The standard InChI is InChI=1S/C19H23N3O3S2/c1-15-13-16-5-2-3-6-17(16)22(15)18(23)14-20-8-10-21(11-9-20)27(24,25)19-7-4-12-26-19/h2-7,12,15H,8-11,13-14H2,1H3/p+1/t15-/m1/s1. The van der Waals surface area contributed by atoms with Crippen LogP contribution in [0.5, 0.6) is 0 Å². The van der Waals surface area contributed by atoms with E-state index >= 15 is 0 Å². The maximum absolute atomic E-state index is 12.9. The summed E-state index contributed by atoms with van der Waals surface area (Å²) in [5.74, 6) is 0.122. The first-order valence-corrected chi connectivity index (χ1v) is 11.6. The topological polar surface area (TPSA) is 62.1 Å². The van der Waals surface area contributed by atoms with Gasteiger partial charge in [0, 0.05) is 11.7 Å². The van der Waals surface area contributed by atoms with Crippen LogP contribution in [-0.4, -0.2) is 57.4 Å². The first-order chi connectivity index (χ1) is 13.0. The summed E-state index contributed by atoms with van der Waals surface area (Å²) < 4.78 is 27.2. The number of rotatable bonds is 4. The van der Waals surface area contributed by atoms with Crippen LogP contribution in [0.25, 0.3) is 0 Å². The zero-order chi connectivity index (χ0) is 19.0. The Bertz CT molecular complexity index is 919. The van der Waals surface area contributed by atoms with Crippen molar-refractivity contribution in [2.24, 2.45) is 0 Å². The first-order valence-electron chi connectivity index (χ1n) is 9.24. The fourth-order valence-electron chi connectivity index (χ4n) is 4.00. The lowest BCUT2D eigenvalue weighted by Crippen LogP contribution is -3.15. The maximum atomic E-state index is 12.9. The van der Waals surface area contributed by atoms with Crippen LogP contribution in [0, 0.1) is 0 Å². The summed E-state index contributed by atoms with van der Waals surface area (Å²) in [6.45, 7) is 4.70. The molecule has 6 nitrogen and oxygen atoms in total. The van der Waals surface area contributed by atoms with Crippen LogP contribution in [-0.2, 0) is 21.2 Å². The van der Waals surface area contributed by atoms with Gasteiger partial charge in [-0.3, -0.25) is 4.79 Å². The lowest BCUT2D eigenvalue weighted by molar-refractivity contribution is -0.895. The van der Waals surface area contributed by atoms with Crippen LogP contribution in [0.3, 0.4) is 0 Å². The Hall–Kier alpha value is -1.74. The predicted octanol–water partition coefficient (Wildman–Crippen LogP) is 0.615. The molecule has 0 spiro atoms. The second kappa shape index (κ2) is 7.35. The van der Waals surface area contributed by atoms with Gasteiger partial charge < -0.3 is 9.80 Å². The van der Waals surface area contributed by atoms with Crippen molar-refractivity contribution < 1.29 is 18.1 Å². The first kappa shape index (κ1) is 18.6. The van der Waals surface area contributed by atoms with E-state index < -0.39 is 10.0 Å². The Balaban J connectivity index is 1.38. The third-order valence-electron chi connectivity index (χ3n) is 5.40. The number of piperazine rings is 1. The monoisotopic (exact) mass is 406 g/mol. The summed E-state index contributed by atoms with van der Waals surface area (Å²) >= 11 is 1.25. The van der Waals surface area contributed by atoms with Gasteiger partial charge >= 0.3 is 0 Å². The van der Waals surface area contributed by atoms with Gasteiger partial charge in [0.05, 0.1) is 26.2 Å². The fraction of sp³-hybridized carbons (Fsp3) is 0.421. The van der Waals surface area contributed by atoms with E-state index in [1.165, 1.54) is 16.9 Å². The van der Waals surface area contributed by atoms with Gasteiger partial charge in [0.2, 0.25) is 0 Å². The van der Waals surface area contributed by atoms with E-state index in [-0.39, 0.29) is 11.9 Å². The van der Waals surface area contributed by atoms with Gasteiger partial charge in [-0.2, -0.15) is 4.31 Å². The highest BCUT2D eigenvalue weighted by Gasteiger charge is 2.35. The number of thiophene rings is 1. The molecule has 1 fully saturated rings. The number of sulfonamides is 1. The predicted molar refractivity (Wildman–Crippen MR) is 106 cm³/mol. The minimum absolute atomic E-state index is 0.122. The number of anilines is 1. The molecule has 0 aliphatic carbocycles. The quantitative estimate of drug-likeness (QED) is 0.810. The van der Waals surface area contributed by atoms with Crippen molar-refractivity contribution in [2.45, 2.75) is 23.6 Å². The maximum Gasteiger partial charge on any atom is 0.282 e. The van der Waals surface area contributed by atoms with E-state index in [1.54, 1.807) is 21.8 Å². The summed E-state index contributed by atoms with van der Waals surface area (Å²) in [4.78, 5) is 16.0. The third kappa shape index (κ3) is 3.54. The van der Waals surface area contributed by atoms with Crippen molar-refractivity contribution >= 4 is 33.0 Å². The molecule has 1 aromatic heterocycles. The molecule has 0 radical (unpaired) electrons. The van der Waals surface area contributed by atoms with Crippen LogP contribution < -0.4 is 9.80 Å². The largest absolute Gasteiger partial charge is 0.325 e. The minimum atomic E-state index is -3.39. The molecule has 8 heteroatoms. The number of carbonyl (C=O) groups excluding carboxylic acids is 1. The highest BCUT2D eigenvalue weighted by molar-refractivity contribution is 7.91. The molecule has 4 rings (SSSR count). The number of carbonyl (C=O) groups is 1. The molecule has 2 aromatic rings. The van der Waals surface area contributed by atoms with Crippen LogP contribution in [0.2, 0.25) is 0 Å². The third-order valence-corrected chi connectivity index (χ3v) is 8.67. The molecular weight excluding hydrogens is 382 g/mol. The SMILES string of the molecule is C[C@@H]1Cc2ccccc2N1C(=O)C[NH+]1CCN(S(=O)(=O)c2cccs2)CC1. The van der Waals surface area contributed by atoms with Crippen LogP contribution in [0.15, 0.2) is 46.0 Å². The average molecular weight is 407 g/mol. The van der Waals surface area contributed by atoms with Crippen molar-refractivity contribution in [3.63, 3.8) is 0 Å². The number of fused-ring (bicyclic) bond motifs is 1. The van der Waals surface area contributed by atoms with E-state index in [1.807, 2.05) is 23.1 Å². The molecule has 1 saturated heterocycles. The number of quaternary nitrogens is 1. The molecule has 1 aromatic carbocycles. The Labute approximate surface area is 164 Å². The molecule has 0 saturated carbocycles. The molecular formula is C19H24N3O3S2+. The van der Waals surface area contributed by atoms with Crippen molar-refractivity contribution in [3.8, 4) is 0 Å². The number of nitrogens with zero attached hydrogens (tertiary/aromatic N) is 2. The molecule has 2 aliphatic rings. The summed E-state index contributed by atoms with van der Waals surface area (Å²) in [6, 6.07) is 11.7. The smallest absolute Gasteiger partial charge is 0.282 e. The molecule has 2 aliphatic heterocycles. The van der Waals surface area contributed by atoms with Crippen molar-refractivity contribution in [3.05, 3.63) is 47.3 Å². The number of amides is 1. The Morgan fingerprint density at radius 1 is 1.19 bits per heavy atom. The van der Waals surface area contributed by atoms with E-state index in [2.05, 4.69) is 13.0 Å². The van der Waals surface area contributed by atoms with Crippen molar-refractivity contribution in [1.82, 2.24) is 4.31 Å². The molecule has 3 heterocycles. The van der Waals surface area contributed by atoms with Crippen LogP contribution in [0.4, 0.5) is 5.69 Å². The Morgan fingerprint density at radius 3 is 2.63 bits per heavy atom. The number of hydrogen-bond acceptors (Lipinski definition) is 4. The van der Waals surface area contributed by atoms with Gasteiger partial charge in [0.1, 0.15) is 4.21 Å². The van der Waals surface area contributed by atoms with Crippen LogP contribution >= 0.6 is 11.3 Å². The van der Waals surface area contributed by atoms with Crippen LogP contribution in [0.1, 0.15) is 12.5 Å². The van der Waals surface area contributed by atoms with Gasteiger partial charge in [-0.05, 0) is 36.4 Å². The van der Waals surface area contributed by atoms with Gasteiger partial charge in [0.25, 0.3) is 15.9 Å². The van der Waals surface area contributed by atoms with Gasteiger partial charge in [-0.1, -0.05) is 24.3 Å². The lowest BCUT2D eigenvalue weighted by atomic mass is 10.1. The molecule has 1 atom stereocenters. The normalized spacial score (nSPS) is 21.4. The summed E-state index contributed by atoms with van der Waals surface area (Å²) in [5.41, 5.74) is 2.24. The molecule has 1 amide bonds. The Kier molecular flexibility index (Phi) is 5.07. The van der Waals surface area contributed by atoms with E-state index in [4.69, 9.17) is 0 Å². The van der Waals surface area contributed by atoms with Gasteiger partial charge in [-0.25, -0.2) is 8.42 Å². The average Bonchev–Trinajstić information content (AvgIpc) is 3.29. The zero-order valence-electron chi connectivity index (χ0n) is 15.3. The van der Waals surface area contributed by atoms with E-state index in [0.29, 0.717) is 36.9 Å². The summed E-state index contributed by atoms with van der Waals surface area (Å²) in [5, 5.41) is 1.78. The fourth-order valence-corrected chi connectivity index (χ4v) is 6.59. The number of benzene rings is 1. The second-order valence-electron chi connectivity index (χ2n) is 7.21. The zero-order valence-corrected chi connectivity index (χ0v) is 16.9. The lowest BCUT2D eigenvalue weighted by Gasteiger charge is -2.32. The molecule has 0 bridgehead atoms. The molecule has 1 N–H and O–H groups in total. The second-order valence-corrected chi connectivity index (χ2v) is 10.3. The summed E-state index contributed by atoms with van der Waals surface area (Å²) in [7, 11) is -3.39. The molecule has 27 heavy (non-hydrogen) atoms.